The van der Waals surface area contributed by atoms with Gasteiger partial charge >= 0.3 is 0 Å². The van der Waals surface area contributed by atoms with Gasteiger partial charge in [0.25, 0.3) is 5.69 Å². The van der Waals surface area contributed by atoms with E-state index in [1.807, 2.05) is 19.2 Å². The van der Waals surface area contributed by atoms with Gasteiger partial charge in [0.2, 0.25) is 0 Å². The summed E-state index contributed by atoms with van der Waals surface area (Å²) in [7, 11) is 4.17. The van der Waals surface area contributed by atoms with Crippen molar-refractivity contribution in [2.75, 3.05) is 20.6 Å². The van der Waals surface area contributed by atoms with E-state index in [1.165, 1.54) is 25.7 Å². The maximum Gasteiger partial charge on any atom is 0.272 e. The minimum atomic E-state index is -0.284. The largest absolute Gasteiger partial charge is 0.317 e. The second-order valence-corrected chi connectivity index (χ2v) is 5.91. The van der Waals surface area contributed by atoms with Gasteiger partial charge in [-0.25, -0.2) is 0 Å². The number of likely N-dealkylation sites (N-methyl/N-ethyl adjacent to an activating group) is 1. The Labute approximate surface area is 126 Å². The molecule has 0 radical (unpaired) electrons. The molecule has 21 heavy (non-hydrogen) atoms. The zero-order valence-electron chi connectivity index (χ0n) is 12.9. The predicted octanol–water partition coefficient (Wildman–Crippen LogP) is 2.60. The van der Waals surface area contributed by atoms with Gasteiger partial charge in [-0.15, -0.1) is 0 Å². The number of nitro groups is 1. The smallest absolute Gasteiger partial charge is 0.272 e. The number of nitrogens with one attached hydrogen (secondary N) is 1. The lowest BCUT2D eigenvalue weighted by atomic mass is 9.90. The van der Waals surface area contributed by atoms with E-state index >= 15 is 0 Å². The summed E-state index contributed by atoms with van der Waals surface area (Å²) in [5.74, 6) is 0. The lowest BCUT2D eigenvalue weighted by molar-refractivity contribution is -0.385. The third-order valence-electron chi connectivity index (χ3n) is 4.65. The molecule has 1 aromatic carbocycles. The topological polar surface area (TPSA) is 58.4 Å². The minimum Gasteiger partial charge on any atom is -0.317 e. The van der Waals surface area contributed by atoms with Crippen LogP contribution >= 0.6 is 0 Å². The Morgan fingerprint density at radius 3 is 2.57 bits per heavy atom. The Kier molecular flexibility index (Phi) is 5.70. The number of hydrogen-bond acceptors (Lipinski definition) is 4. The maximum absolute atomic E-state index is 11.0. The maximum atomic E-state index is 11.0. The Morgan fingerprint density at radius 1 is 1.29 bits per heavy atom. The summed E-state index contributed by atoms with van der Waals surface area (Å²) in [6, 6.07) is 8.32. The third kappa shape index (κ3) is 4.25. The average Bonchev–Trinajstić information content (AvgIpc) is 2.52. The quantitative estimate of drug-likeness (QED) is 0.646. The van der Waals surface area contributed by atoms with E-state index in [4.69, 9.17) is 0 Å². The van der Waals surface area contributed by atoms with E-state index in [0.29, 0.717) is 12.1 Å². The highest BCUT2D eigenvalue weighted by Gasteiger charge is 2.23. The molecule has 0 unspecified atom stereocenters. The molecule has 0 bridgehead atoms. The Hall–Kier alpha value is -1.46. The van der Waals surface area contributed by atoms with Crippen molar-refractivity contribution >= 4 is 5.69 Å². The van der Waals surface area contributed by atoms with Gasteiger partial charge in [0, 0.05) is 30.3 Å². The zero-order chi connectivity index (χ0) is 15.2. The Morgan fingerprint density at radius 2 is 1.95 bits per heavy atom. The zero-order valence-corrected chi connectivity index (χ0v) is 12.9. The molecule has 0 aliphatic heterocycles. The Bertz CT molecular complexity index is 470. The summed E-state index contributed by atoms with van der Waals surface area (Å²) in [6.45, 7) is 0.875. The van der Waals surface area contributed by atoms with E-state index in [2.05, 4.69) is 17.3 Å². The van der Waals surface area contributed by atoms with E-state index in [-0.39, 0.29) is 10.6 Å². The van der Waals surface area contributed by atoms with Gasteiger partial charge in [-0.3, -0.25) is 10.1 Å². The molecule has 0 saturated heterocycles. The monoisotopic (exact) mass is 291 g/mol. The van der Waals surface area contributed by atoms with Gasteiger partial charge in [-0.05, 0) is 46.2 Å². The molecule has 0 amide bonds. The minimum absolute atomic E-state index is 0.241. The van der Waals surface area contributed by atoms with Gasteiger partial charge < -0.3 is 10.2 Å². The van der Waals surface area contributed by atoms with Crippen LogP contribution in [0.3, 0.4) is 0 Å². The first-order valence-electron chi connectivity index (χ1n) is 7.71. The normalized spacial score (nSPS) is 22.4. The SMILES string of the molecule is CNC1CCC(N(C)CCc2ccccc2[N+](=O)[O-])CC1. The van der Waals surface area contributed by atoms with Gasteiger partial charge in [0.1, 0.15) is 0 Å². The van der Waals surface area contributed by atoms with E-state index in [1.54, 1.807) is 12.1 Å². The standard InChI is InChI=1S/C16H25N3O2/c1-17-14-7-9-15(10-8-14)18(2)12-11-13-5-3-4-6-16(13)19(20)21/h3-6,14-15,17H,7-12H2,1-2H3. The molecule has 0 aromatic heterocycles. The van der Waals surface area contributed by atoms with Crippen LogP contribution in [0.5, 0.6) is 0 Å². The summed E-state index contributed by atoms with van der Waals surface area (Å²) >= 11 is 0. The summed E-state index contributed by atoms with van der Waals surface area (Å²) in [5, 5.41) is 14.4. The van der Waals surface area contributed by atoms with Gasteiger partial charge in [0.15, 0.2) is 0 Å². The third-order valence-corrected chi connectivity index (χ3v) is 4.65. The highest BCUT2D eigenvalue weighted by atomic mass is 16.6. The number of benzene rings is 1. The number of para-hydroxylation sites is 1. The molecule has 1 N–H and O–H groups in total. The fourth-order valence-electron chi connectivity index (χ4n) is 3.18. The fraction of sp³-hybridized carbons (Fsp3) is 0.625. The van der Waals surface area contributed by atoms with Gasteiger partial charge in [0.05, 0.1) is 4.92 Å². The fourth-order valence-corrected chi connectivity index (χ4v) is 3.18. The lowest BCUT2D eigenvalue weighted by Crippen LogP contribution is -2.40. The molecule has 1 aliphatic rings. The number of rotatable bonds is 6. The van der Waals surface area contributed by atoms with E-state index < -0.39 is 0 Å². The van der Waals surface area contributed by atoms with Crippen molar-refractivity contribution < 1.29 is 4.92 Å². The molecule has 1 fully saturated rings. The Balaban J connectivity index is 1.87. The number of nitro benzene ring substituents is 1. The molecule has 5 nitrogen and oxygen atoms in total. The number of hydrogen-bond donors (Lipinski definition) is 1. The average molecular weight is 291 g/mol. The molecular formula is C16H25N3O2. The second-order valence-electron chi connectivity index (χ2n) is 5.91. The summed E-state index contributed by atoms with van der Waals surface area (Å²) in [4.78, 5) is 13.1. The first-order valence-corrected chi connectivity index (χ1v) is 7.71. The molecular weight excluding hydrogens is 266 g/mol. The number of nitrogens with zero attached hydrogens (tertiary/aromatic N) is 2. The predicted molar refractivity (Wildman–Crippen MR) is 84.5 cm³/mol. The summed E-state index contributed by atoms with van der Waals surface area (Å²) in [6.07, 6.45) is 5.59. The van der Waals surface area contributed by atoms with Crippen molar-refractivity contribution in [3.63, 3.8) is 0 Å². The van der Waals surface area contributed by atoms with Crippen LogP contribution in [0.15, 0.2) is 24.3 Å². The molecule has 116 valence electrons. The van der Waals surface area contributed by atoms with Crippen molar-refractivity contribution in [3.8, 4) is 0 Å². The van der Waals surface area contributed by atoms with Crippen molar-refractivity contribution in [2.24, 2.45) is 0 Å². The molecule has 1 saturated carbocycles. The van der Waals surface area contributed by atoms with Crippen LogP contribution in [-0.4, -0.2) is 42.5 Å². The van der Waals surface area contributed by atoms with Crippen LogP contribution in [0.25, 0.3) is 0 Å². The van der Waals surface area contributed by atoms with Gasteiger partial charge in [-0.2, -0.15) is 0 Å². The highest BCUT2D eigenvalue weighted by Crippen LogP contribution is 2.23. The van der Waals surface area contributed by atoms with Crippen molar-refractivity contribution in [1.29, 1.82) is 0 Å². The molecule has 5 heteroatoms. The second kappa shape index (κ2) is 7.52. The lowest BCUT2D eigenvalue weighted by Gasteiger charge is -2.34. The van der Waals surface area contributed by atoms with Crippen LogP contribution in [0.4, 0.5) is 5.69 Å². The molecule has 0 spiro atoms. The molecule has 1 aliphatic carbocycles. The van der Waals surface area contributed by atoms with Crippen LogP contribution in [-0.2, 0) is 6.42 Å². The first-order chi connectivity index (χ1) is 10.1. The summed E-state index contributed by atoms with van der Waals surface area (Å²) < 4.78 is 0. The van der Waals surface area contributed by atoms with Crippen LogP contribution in [0.1, 0.15) is 31.2 Å². The van der Waals surface area contributed by atoms with E-state index in [0.717, 1.165) is 18.5 Å². The van der Waals surface area contributed by atoms with Crippen LogP contribution < -0.4 is 5.32 Å². The van der Waals surface area contributed by atoms with Crippen LogP contribution in [0, 0.1) is 10.1 Å². The highest BCUT2D eigenvalue weighted by molar-refractivity contribution is 5.39. The van der Waals surface area contributed by atoms with Crippen molar-refractivity contribution in [2.45, 2.75) is 44.2 Å². The molecule has 0 atom stereocenters. The van der Waals surface area contributed by atoms with Gasteiger partial charge in [-0.1, -0.05) is 18.2 Å². The first kappa shape index (κ1) is 15.9. The molecule has 1 aromatic rings. The summed E-state index contributed by atoms with van der Waals surface area (Å²) in [5.41, 5.74) is 1.07. The molecule has 0 heterocycles. The van der Waals surface area contributed by atoms with Crippen molar-refractivity contribution in [3.05, 3.63) is 39.9 Å². The van der Waals surface area contributed by atoms with Crippen molar-refractivity contribution in [1.82, 2.24) is 10.2 Å². The van der Waals surface area contributed by atoms with Crippen LogP contribution in [0.2, 0.25) is 0 Å². The van der Waals surface area contributed by atoms with E-state index in [9.17, 15) is 10.1 Å². The molecule has 2 rings (SSSR count).